The van der Waals surface area contributed by atoms with Crippen molar-refractivity contribution in [3.63, 3.8) is 0 Å². The summed E-state index contributed by atoms with van der Waals surface area (Å²) in [5.74, 6) is -15.8. The van der Waals surface area contributed by atoms with Crippen molar-refractivity contribution in [3.05, 3.63) is 69.5 Å². The molecule has 23 heavy (non-hydrogen) atoms. The van der Waals surface area contributed by atoms with E-state index in [1.165, 1.54) is 0 Å². The summed E-state index contributed by atoms with van der Waals surface area (Å²) in [5.41, 5.74) is -1.12. The van der Waals surface area contributed by atoms with Gasteiger partial charge in [-0.05, 0) is 25.5 Å². The van der Waals surface area contributed by atoms with Crippen LogP contribution < -0.4 is 0 Å². The lowest BCUT2D eigenvalue weighted by Gasteiger charge is -2.02. The van der Waals surface area contributed by atoms with E-state index in [0.717, 1.165) is 13.8 Å². The third-order valence-electron chi connectivity index (χ3n) is 2.71. The van der Waals surface area contributed by atoms with Gasteiger partial charge in [0.05, 0.1) is 0 Å². The van der Waals surface area contributed by atoms with E-state index in [9.17, 15) is 39.5 Å². The number of hydrogen-bond donors (Lipinski definition) is 0. The van der Waals surface area contributed by atoms with Crippen LogP contribution in [0.2, 0.25) is 0 Å². The molecule has 126 valence electrons. The van der Waals surface area contributed by atoms with Crippen LogP contribution in [0.4, 0.5) is 39.5 Å². The Morgan fingerprint density at radius 2 is 0.826 bits per heavy atom. The summed E-state index contributed by atoms with van der Waals surface area (Å²) >= 11 is 0. The Morgan fingerprint density at radius 3 is 1.26 bits per heavy atom. The van der Waals surface area contributed by atoms with Crippen LogP contribution in [-0.4, -0.2) is 0 Å². The summed E-state index contributed by atoms with van der Waals surface area (Å²) in [7, 11) is 0. The van der Waals surface area contributed by atoms with E-state index in [2.05, 4.69) is 0 Å². The quantitative estimate of drug-likeness (QED) is 0.348. The van der Waals surface area contributed by atoms with Crippen LogP contribution >= 0.6 is 0 Å². The lowest BCUT2D eigenvalue weighted by Crippen LogP contribution is -2.03. The molecule has 0 aliphatic carbocycles. The standard InChI is InChI=1S/C7H3F5.C7H4F4/c1-2-3(8)5(10)7(12)6(11)4(2)9;1-3-2-4(8)6(10)7(11)5(3)9/h1H3;2H,1H3. The van der Waals surface area contributed by atoms with E-state index in [-0.39, 0.29) is 5.56 Å². The molecule has 0 nitrogen and oxygen atoms in total. The second-order valence-electron chi connectivity index (χ2n) is 4.31. The number of aryl methyl sites for hydroxylation is 1. The summed E-state index contributed by atoms with van der Waals surface area (Å²) in [4.78, 5) is 0. The van der Waals surface area contributed by atoms with Crippen LogP contribution in [0.3, 0.4) is 0 Å². The maximum absolute atomic E-state index is 12.4. The minimum Gasteiger partial charge on any atom is -0.204 e. The maximum Gasteiger partial charge on any atom is 0.200 e. The van der Waals surface area contributed by atoms with Crippen molar-refractivity contribution < 1.29 is 39.5 Å². The first-order valence-electron chi connectivity index (χ1n) is 5.78. The largest absolute Gasteiger partial charge is 0.204 e. The van der Waals surface area contributed by atoms with Crippen molar-refractivity contribution >= 4 is 0 Å². The van der Waals surface area contributed by atoms with Gasteiger partial charge in [-0.2, -0.15) is 0 Å². The van der Waals surface area contributed by atoms with Gasteiger partial charge in [-0.3, -0.25) is 0 Å². The molecule has 2 rings (SSSR count). The Kier molecular flexibility index (Phi) is 5.68. The van der Waals surface area contributed by atoms with Crippen molar-refractivity contribution in [1.82, 2.24) is 0 Å². The third-order valence-corrected chi connectivity index (χ3v) is 2.71. The van der Waals surface area contributed by atoms with E-state index in [0.29, 0.717) is 6.07 Å². The van der Waals surface area contributed by atoms with Gasteiger partial charge in [0.1, 0.15) is 0 Å². The molecule has 0 fully saturated rings. The summed E-state index contributed by atoms with van der Waals surface area (Å²) < 4.78 is 111. The molecule has 0 saturated carbocycles. The topological polar surface area (TPSA) is 0 Å². The van der Waals surface area contributed by atoms with Gasteiger partial charge in [-0.15, -0.1) is 0 Å². The molecular formula is C14H7F9. The molecule has 9 heteroatoms. The van der Waals surface area contributed by atoms with E-state index in [4.69, 9.17) is 0 Å². The minimum atomic E-state index is -2.13. The van der Waals surface area contributed by atoms with Gasteiger partial charge in [0.15, 0.2) is 46.5 Å². The van der Waals surface area contributed by atoms with Crippen LogP contribution in [0.1, 0.15) is 11.1 Å². The molecule has 0 aromatic heterocycles. The van der Waals surface area contributed by atoms with Crippen LogP contribution in [0, 0.1) is 66.2 Å². The Balaban J connectivity index is 0.000000231. The van der Waals surface area contributed by atoms with Crippen LogP contribution in [0.5, 0.6) is 0 Å². The van der Waals surface area contributed by atoms with Crippen molar-refractivity contribution in [1.29, 1.82) is 0 Å². The summed E-state index contributed by atoms with van der Waals surface area (Å²) in [5, 5.41) is 0. The molecule has 0 N–H and O–H groups in total. The SMILES string of the molecule is Cc1c(F)c(F)c(F)c(F)c1F.Cc1cc(F)c(F)c(F)c1F. The van der Waals surface area contributed by atoms with Gasteiger partial charge < -0.3 is 0 Å². The van der Waals surface area contributed by atoms with Crippen LogP contribution in [0.25, 0.3) is 0 Å². The normalized spacial score (nSPS) is 10.4. The Bertz CT molecular complexity index is 622. The molecule has 0 radical (unpaired) electrons. The van der Waals surface area contributed by atoms with Gasteiger partial charge in [-0.25, -0.2) is 39.5 Å². The molecule has 0 saturated heterocycles. The number of benzene rings is 2. The lowest BCUT2D eigenvalue weighted by atomic mass is 10.2. The highest BCUT2D eigenvalue weighted by Gasteiger charge is 2.22. The minimum absolute atomic E-state index is 0.249. The summed E-state index contributed by atoms with van der Waals surface area (Å²) in [6.07, 6.45) is 0. The van der Waals surface area contributed by atoms with Gasteiger partial charge in [0.2, 0.25) is 5.82 Å². The Labute approximate surface area is 124 Å². The predicted molar refractivity (Wildman–Crippen MR) is 62.0 cm³/mol. The zero-order valence-electron chi connectivity index (χ0n) is 11.5. The second kappa shape index (κ2) is 6.93. The van der Waals surface area contributed by atoms with Crippen molar-refractivity contribution in [2.75, 3.05) is 0 Å². The number of rotatable bonds is 0. The average Bonchev–Trinajstić information content (AvgIpc) is 2.53. The van der Waals surface area contributed by atoms with Gasteiger partial charge in [-0.1, -0.05) is 0 Å². The molecule has 0 atom stereocenters. The second-order valence-corrected chi connectivity index (χ2v) is 4.31. The molecule has 0 aliphatic heterocycles. The first kappa shape index (κ1) is 18.9. The fraction of sp³-hybridized carbons (Fsp3) is 0.143. The summed E-state index contributed by atoms with van der Waals surface area (Å²) in [6, 6.07) is 0.605. The van der Waals surface area contributed by atoms with Crippen molar-refractivity contribution in [2.45, 2.75) is 13.8 Å². The van der Waals surface area contributed by atoms with Gasteiger partial charge >= 0.3 is 0 Å². The van der Waals surface area contributed by atoms with E-state index < -0.39 is 57.9 Å². The zero-order valence-corrected chi connectivity index (χ0v) is 11.5. The highest BCUT2D eigenvalue weighted by atomic mass is 19.2. The third kappa shape index (κ3) is 3.59. The van der Waals surface area contributed by atoms with Crippen molar-refractivity contribution in [3.8, 4) is 0 Å². The first-order chi connectivity index (χ1) is 10.5. The van der Waals surface area contributed by atoms with E-state index in [1.807, 2.05) is 0 Å². The Morgan fingerprint density at radius 1 is 0.478 bits per heavy atom. The molecule has 0 amide bonds. The summed E-state index contributed by atoms with van der Waals surface area (Å²) in [6.45, 7) is 1.97. The molecule has 0 spiro atoms. The highest BCUT2D eigenvalue weighted by molar-refractivity contribution is 5.22. The number of halogens is 9. The molecule has 2 aromatic carbocycles. The fourth-order valence-electron chi connectivity index (χ4n) is 1.41. The maximum atomic E-state index is 12.4. The average molecular weight is 346 g/mol. The molecule has 0 bridgehead atoms. The molecule has 0 unspecified atom stereocenters. The molecule has 0 aliphatic rings. The zero-order chi connectivity index (χ0) is 18.1. The molecule has 2 aromatic rings. The van der Waals surface area contributed by atoms with Gasteiger partial charge in [0, 0.05) is 5.56 Å². The van der Waals surface area contributed by atoms with Crippen LogP contribution in [0.15, 0.2) is 6.07 Å². The van der Waals surface area contributed by atoms with Crippen LogP contribution in [-0.2, 0) is 0 Å². The Hall–Kier alpha value is -2.19. The predicted octanol–water partition coefficient (Wildman–Crippen LogP) is 5.24. The van der Waals surface area contributed by atoms with Crippen molar-refractivity contribution in [2.24, 2.45) is 0 Å². The van der Waals surface area contributed by atoms with E-state index >= 15 is 0 Å². The lowest BCUT2D eigenvalue weighted by molar-refractivity contribution is 0.373. The van der Waals surface area contributed by atoms with Gasteiger partial charge in [0.25, 0.3) is 0 Å². The fourth-order valence-corrected chi connectivity index (χ4v) is 1.41. The number of hydrogen-bond acceptors (Lipinski definition) is 0. The first-order valence-corrected chi connectivity index (χ1v) is 5.78. The molecular weight excluding hydrogens is 339 g/mol. The van der Waals surface area contributed by atoms with E-state index in [1.54, 1.807) is 0 Å². The smallest absolute Gasteiger partial charge is 0.200 e. The molecule has 0 heterocycles. The monoisotopic (exact) mass is 346 g/mol. The highest BCUT2D eigenvalue weighted by Crippen LogP contribution is 2.21.